The minimum atomic E-state index is -0.0878. The molecule has 0 unspecified atom stereocenters. The maximum atomic E-state index is 6.18. The second-order valence-corrected chi connectivity index (χ2v) is 4.18. The first kappa shape index (κ1) is 8.00. The van der Waals surface area contributed by atoms with E-state index in [9.17, 15) is 0 Å². The van der Waals surface area contributed by atoms with Crippen LogP contribution < -0.4 is 5.73 Å². The molecular weight excluding hydrogens is 174 g/mol. The molecule has 2 N–H and O–H groups in total. The first-order valence-electron chi connectivity index (χ1n) is 4.93. The molecular formula is C11H13N3. The lowest BCUT2D eigenvalue weighted by atomic mass is 10.1. The van der Waals surface area contributed by atoms with E-state index in [0.29, 0.717) is 0 Å². The van der Waals surface area contributed by atoms with Gasteiger partial charge in [0.05, 0.1) is 11.7 Å². The van der Waals surface area contributed by atoms with Gasteiger partial charge in [-0.2, -0.15) is 5.10 Å². The molecule has 0 aliphatic heterocycles. The highest BCUT2D eigenvalue weighted by molar-refractivity contribution is 5.58. The molecule has 72 valence electrons. The highest BCUT2D eigenvalue weighted by Gasteiger charge is 2.42. The van der Waals surface area contributed by atoms with Crippen LogP contribution in [0, 0.1) is 6.92 Å². The maximum absolute atomic E-state index is 6.18. The summed E-state index contributed by atoms with van der Waals surface area (Å²) >= 11 is 0. The number of fused-ring (bicyclic) bond motifs is 1. The zero-order chi connectivity index (χ0) is 9.76. The van der Waals surface area contributed by atoms with E-state index in [1.165, 1.54) is 5.56 Å². The molecule has 0 spiro atoms. The largest absolute Gasteiger partial charge is 0.321 e. The maximum Gasteiger partial charge on any atom is 0.0715 e. The molecule has 0 atom stereocenters. The fourth-order valence-corrected chi connectivity index (χ4v) is 1.94. The minimum absolute atomic E-state index is 0.0878. The molecule has 0 bridgehead atoms. The summed E-state index contributed by atoms with van der Waals surface area (Å²) in [6.07, 6.45) is 4.08. The van der Waals surface area contributed by atoms with Crippen molar-refractivity contribution in [2.75, 3.05) is 0 Å². The third kappa shape index (κ3) is 0.930. The van der Waals surface area contributed by atoms with Crippen molar-refractivity contribution in [3.8, 4) is 0 Å². The summed E-state index contributed by atoms with van der Waals surface area (Å²) in [6, 6.07) is 6.20. The van der Waals surface area contributed by atoms with Gasteiger partial charge in [-0.15, -0.1) is 0 Å². The van der Waals surface area contributed by atoms with Crippen molar-refractivity contribution >= 4 is 5.52 Å². The van der Waals surface area contributed by atoms with Gasteiger partial charge in [0, 0.05) is 16.8 Å². The van der Waals surface area contributed by atoms with Crippen molar-refractivity contribution in [1.29, 1.82) is 0 Å². The number of nitrogens with two attached hydrogens (primary N) is 1. The van der Waals surface area contributed by atoms with Gasteiger partial charge >= 0.3 is 0 Å². The molecule has 0 amide bonds. The average molecular weight is 187 g/mol. The zero-order valence-corrected chi connectivity index (χ0v) is 8.20. The van der Waals surface area contributed by atoms with Gasteiger partial charge in [0.25, 0.3) is 0 Å². The monoisotopic (exact) mass is 187 g/mol. The first-order valence-corrected chi connectivity index (χ1v) is 4.93. The third-order valence-electron chi connectivity index (χ3n) is 3.06. The Labute approximate surface area is 82.5 Å². The molecule has 2 aromatic rings. The molecule has 2 heterocycles. The number of aromatic nitrogens is 2. The second kappa shape index (κ2) is 2.36. The van der Waals surface area contributed by atoms with Gasteiger partial charge in [-0.05, 0) is 31.9 Å². The van der Waals surface area contributed by atoms with Crippen LogP contribution in [0.4, 0.5) is 0 Å². The van der Waals surface area contributed by atoms with E-state index in [1.807, 2.05) is 10.7 Å². The number of hydrogen-bond acceptors (Lipinski definition) is 2. The molecule has 3 rings (SSSR count). The fourth-order valence-electron chi connectivity index (χ4n) is 1.94. The van der Waals surface area contributed by atoms with Crippen LogP contribution in [0.5, 0.6) is 0 Å². The molecule has 2 aromatic heterocycles. The van der Waals surface area contributed by atoms with Gasteiger partial charge in [-0.1, -0.05) is 6.07 Å². The van der Waals surface area contributed by atoms with E-state index in [2.05, 4.69) is 30.2 Å². The topological polar surface area (TPSA) is 43.3 Å². The van der Waals surface area contributed by atoms with Crippen molar-refractivity contribution in [2.24, 2.45) is 5.73 Å². The van der Waals surface area contributed by atoms with Crippen molar-refractivity contribution in [3.63, 3.8) is 0 Å². The molecule has 3 heteroatoms. The molecule has 1 aliphatic rings. The summed E-state index contributed by atoms with van der Waals surface area (Å²) in [7, 11) is 0. The summed E-state index contributed by atoms with van der Waals surface area (Å²) in [5, 5.41) is 4.36. The molecule has 14 heavy (non-hydrogen) atoms. The normalized spacial score (nSPS) is 18.7. The van der Waals surface area contributed by atoms with Gasteiger partial charge in [0.1, 0.15) is 0 Å². The fraction of sp³-hybridized carbons (Fsp3) is 0.364. The van der Waals surface area contributed by atoms with Crippen molar-refractivity contribution in [3.05, 3.63) is 35.7 Å². The van der Waals surface area contributed by atoms with Crippen molar-refractivity contribution < 1.29 is 0 Å². The summed E-state index contributed by atoms with van der Waals surface area (Å²) in [5.41, 5.74) is 9.59. The Bertz CT molecular complexity index is 494. The van der Waals surface area contributed by atoms with E-state index >= 15 is 0 Å². The Balaban J connectivity index is 2.32. The first-order chi connectivity index (χ1) is 6.71. The quantitative estimate of drug-likeness (QED) is 0.736. The van der Waals surface area contributed by atoms with Crippen LogP contribution in [-0.2, 0) is 5.54 Å². The Hall–Kier alpha value is -1.35. The number of aryl methyl sites for hydroxylation is 1. The number of hydrogen-bond donors (Lipinski definition) is 1. The van der Waals surface area contributed by atoms with Gasteiger partial charge in [0.2, 0.25) is 0 Å². The predicted molar refractivity (Wildman–Crippen MR) is 55.0 cm³/mol. The van der Waals surface area contributed by atoms with Crippen LogP contribution in [0.3, 0.4) is 0 Å². The molecule has 1 fully saturated rings. The van der Waals surface area contributed by atoms with Crippen LogP contribution >= 0.6 is 0 Å². The molecule has 0 saturated heterocycles. The summed E-state index contributed by atoms with van der Waals surface area (Å²) < 4.78 is 1.96. The van der Waals surface area contributed by atoms with Crippen LogP contribution in [0.15, 0.2) is 24.4 Å². The smallest absolute Gasteiger partial charge is 0.0715 e. The van der Waals surface area contributed by atoms with Crippen LogP contribution in [-0.4, -0.2) is 9.61 Å². The SMILES string of the molecule is Cc1cccc2c(C3(N)CC3)cnn12. The van der Waals surface area contributed by atoms with Gasteiger partial charge in [0.15, 0.2) is 0 Å². The second-order valence-electron chi connectivity index (χ2n) is 4.18. The van der Waals surface area contributed by atoms with Crippen molar-refractivity contribution in [1.82, 2.24) is 9.61 Å². The Morgan fingerprint density at radius 3 is 2.93 bits per heavy atom. The number of pyridine rings is 1. The third-order valence-corrected chi connectivity index (χ3v) is 3.06. The highest BCUT2D eigenvalue weighted by atomic mass is 15.2. The van der Waals surface area contributed by atoms with Gasteiger partial charge < -0.3 is 5.73 Å². The molecule has 3 nitrogen and oxygen atoms in total. The highest BCUT2D eigenvalue weighted by Crippen LogP contribution is 2.44. The van der Waals surface area contributed by atoms with E-state index < -0.39 is 0 Å². The summed E-state index contributed by atoms with van der Waals surface area (Å²) in [6.45, 7) is 2.06. The van der Waals surface area contributed by atoms with E-state index in [-0.39, 0.29) is 5.54 Å². The van der Waals surface area contributed by atoms with Crippen LogP contribution in [0.1, 0.15) is 24.1 Å². The Kier molecular flexibility index (Phi) is 1.35. The Morgan fingerprint density at radius 2 is 2.21 bits per heavy atom. The standard InChI is InChI=1S/C11H13N3/c1-8-3-2-4-10-9(7-13-14(8)10)11(12)5-6-11/h2-4,7H,5-6,12H2,1H3. The summed E-state index contributed by atoms with van der Waals surface area (Å²) in [5.74, 6) is 0. The zero-order valence-electron chi connectivity index (χ0n) is 8.20. The molecule has 0 aromatic carbocycles. The van der Waals surface area contributed by atoms with Gasteiger partial charge in [-0.3, -0.25) is 0 Å². The number of rotatable bonds is 1. The average Bonchev–Trinajstić information content (AvgIpc) is 2.77. The van der Waals surface area contributed by atoms with E-state index in [1.54, 1.807) is 0 Å². The molecule has 0 radical (unpaired) electrons. The predicted octanol–water partition coefficient (Wildman–Crippen LogP) is 1.59. The van der Waals surface area contributed by atoms with Crippen molar-refractivity contribution in [2.45, 2.75) is 25.3 Å². The Morgan fingerprint density at radius 1 is 1.43 bits per heavy atom. The minimum Gasteiger partial charge on any atom is -0.321 e. The summed E-state index contributed by atoms with van der Waals surface area (Å²) in [4.78, 5) is 0. The lowest BCUT2D eigenvalue weighted by Crippen LogP contribution is -2.18. The number of nitrogens with zero attached hydrogens (tertiary/aromatic N) is 2. The lowest BCUT2D eigenvalue weighted by molar-refractivity contribution is 0.747. The van der Waals surface area contributed by atoms with Crippen LogP contribution in [0.25, 0.3) is 5.52 Å². The molecule has 1 aliphatic carbocycles. The van der Waals surface area contributed by atoms with Crippen LogP contribution in [0.2, 0.25) is 0 Å². The molecule has 1 saturated carbocycles. The van der Waals surface area contributed by atoms with E-state index in [4.69, 9.17) is 5.73 Å². The lowest BCUT2D eigenvalue weighted by Gasteiger charge is -2.06. The van der Waals surface area contributed by atoms with E-state index in [0.717, 1.165) is 24.1 Å². The van der Waals surface area contributed by atoms with Gasteiger partial charge in [-0.25, -0.2) is 4.52 Å².